The minimum absolute atomic E-state index is 0.685. The van der Waals surface area contributed by atoms with Crippen molar-refractivity contribution in [2.24, 2.45) is 5.73 Å². The molecule has 19 heavy (non-hydrogen) atoms. The third-order valence-corrected chi connectivity index (χ3v) is 3.72. The fraction of sp³-hybridized carbons (Fsp3) is 0.467. The van der Waals surface area contributed by atoms with Crippen LogP contribution in [-0.4, -0.2) is 25.3 Å². The first-order chi connectivity index (χ1) is 9.15. The molecule has 0 radical (unpaired) electrons. The van der Waals surface area contributed by atoms with E-state index in [9.17, 15) is 0 Å². The van der Waals surface area contributed by atoms with E-state index >= 15 is 0 Å². The van der Waals surface area contributed by atoms with Crippen LogP contribution < -0.4 is 15.2 Å². The number of hydrogen-bond acceptors (Lipinski definition) is 3. The highest BCUT2D eigenvalue weighted by Gasteiger charge is 2.18. The lowest BCUT2D eigenvalue weighted by molar-refractivity contribution is 0.408. The van der Waals surface area contributed by atoms with Crippen molar-refractivity contribution in [3.8, 4) is 11.5 Å². The minimum Gasteiger partial charge on any atom is -0.496 e. The van der Waals surface area contributed by atoms with Crippen molar-refractivity contribution in [3.05, 3.63) is 23.4 Å². The van der Waals surface area contributed by atoms with Gasteiger partial charge < -0.3 is 19.8 Å². The molecule has 0 saturated heterocycles. The number of nitrogens with two attached hydrogens (primary N) is 1. The Kier molecular flexibility index (Phi) is 4.00. The molecule has 0 bridgehead atoms. The fourth-order valence-corrected chi connectivity index (χ4v) is 2.60. The second-order valence-electron chi connectivity index (χ2n) is 4.70. The Morgan fingerprint density at radius 2 is 1.74 bits per heavy atom. The number of rotatable bonds is 5. The van der Waals surface area contributed by atoms with Crippen molar-refractivity contribution in [2.45, 2.75) is 26.8 Å². The number of ether oxygens (including phenoxy) is 2. The first kappa shape index (κ1) is 13.7. The summed E-state index contributed by atoms with van der Waals surface area (Å²) in [5.74, 6) is 1.77. The average Bonchev–Trinajstić information content (AvgIpc) is 2.69. The van der Waals surface area contributed by atoms with Gasteiger partial charge in [0.15, 0.2) is 0 Å². The number of methoxy groups -OCH3 is 2. The summed E-state index contributed by atoms with van der Waals surface area (Å²) in [6, 6.07) is 3.92. The number of aryl methyl sites for hydroxylation is 2. The van der Waals surface area contributed by atoms with E-state index in [0.29, 0.717) is 6.54 Å². The molecule has 104 valence electrons. The SMILES string of the molecule is COc1ccc(OC)c2c1c(C)c(C)n2CCCN. The van der Waals surface area contributed by atoms with E-state index in [0.717, 1.165) is 35.4 Å². The molecule has 2 rings (SSSR count). The molecular formula is C15H22N2O2. The molecule has 2 aromatic rings. The topological polar surface area (TPSA) is 49.4 Å². The maximum absolute atomic E-state index is 5.63. The Morgan fingerprint density at radius 3 is 2.32 bits per heavy atom. The molecule has 0 aliphatic carbocycles. The van der Waals surface area contributed by atoms with Crippen LogP contribution in [0.15, 0.2) is 12.1 Å². The fourth-order valence-electron chi connectivity index (χ4n) is 2.60. The van der Waals surface area contributed by atoms with Crippen molar-refractivity contribution in [3.63, 3.8) is 0 Å². The summed E-state index contributed by atoms with van der Waals surface area (Å²) in [5.41, 5.74) is 9.22. The molecule has 1 aromatic heterocycles. The van der Waals surface area contributed by atoms with Crippen LogP contribution in [0.2, 0.25) is 0 Å². The normalized spacial score (nSPS) is 11.0. The lowest BCUT2D eigenvalue weighted by Gasteiger charge is -2.11. The van der Waals surface area contributed by atoms with Gasteiger partial charge in [-0.2, -0.15) is 0 Å². The Morgan fingerprint density at radius 1 is 1.11 bits per heavy atom. The summed E-state index contributed by atoms with van der Waals surface area (Å²) in [4.78, 5) is 0. The van der Waals surface area contributed by atoms with Gasteiger partial charge in [-0.3, -0.25) is 0 Å². The van der Waals surface area contributed by atoms with Gasteiger partial charge in [-0.1, -0.05) is 0 Å². The van der Waals surface area contributed by atoms with Gasteiger partial charge in [-0.25, -0.2) is 0 Å². The van der Waals surface area contributed by atoms with Crippen LogP contribution in [-0.2, 0) is 6.54 Å². The quantitative estimate of drug-likeness (QED) is 0.901. The van der Waals surface area contributed by atoms with Crippen molar-refractivity contribution in [1.82, 2.24) is 4.57 Å². The number of benzene rings is 1. The zero-order chi connectivity index (χ0) is 14.0. The molecule has 0 saturated carbocycles. The summed E-state index contributed by atoms with van der Waals surface area (Å²) in [5, 5.41) is 1.14. The third kappa shape index (κ3) is 2.16. The van der Waals surface area contributed by atoms with Gasteiger partial charge in [0, 0.05) is 17.6 Å². The first-order valence-electron chi connectivity index (χ1n) is 6.56. The van der Waals surface area contributed by atoms with Crippen LogP contribution in [0.1, 0.15) is 17.7 Å². The molecule has 4 heteroatoms. The van der Waals surface area contributed by atoms with E-state index in [2.05, 4.69) is 18.4 Å². The van der Waals surface area contributed by atoms with Crippen LogP contribution in [0.25, 0.3) is 10.9 Å². The van der Waals surface area contributed by atoms with Gasteiger partial charge in [0.1, 0.15) is 11.5 Å². The van der Waals surface area contributed by atoms with Gasteiger partial charge in [-0.15, -0.1) is 0 Å². The zero-order valence-corrected chi connectivity index (χ0v) is 12.1. The average molecular weight is 262 g/mol. The summed E-state index contributed by atoms with van der Waals surface area (Å²) < 4.78 is 13.3. The largest absolute Gasteiger partial charge is 0.496 e. The predicted octanol–water partition coefficient (Wildman–Crippen LogP) is 2.62. The van der Waals surface area contributed by atoms with Crippen LogP contribution in [0.5, 0.6) is 11.5 Å². The molecule has 0 aliphatic heterocycles. The first-order valence-corrected chi connectivity index (χ1v) is 6.56. The van der Waals surface area contributed by atoms with Crippen LogP contribution >= 0.6 is 0 Å². The summed E-state index contributed by atoms with van der Waals surface area (Å²) in [6.07, 6.45) is 0.949. The third-order valence-electron chi connectivity index (χ3n) is 3.72. The van der Waals surface area contributed by atoms with E-state index in [1.165, 1.54) is 11.3 Å². The highest BCUT2D eigenvalue weighted by molar-refractivity contribution is 5.95. The van der Waals surface area contributed by atoms with Gasteiger partial charge in [0.05, 0.1) is 19.7 Å². The van der Waals surface area contributed by atoms with E-state index < -0.39 is 0 Å². The molecule has 0 unspecified atom stereocenters. The molecule has 0 amide bonds. The van der Waals surface area contributed by atoms with E-state index in [4.69, 9.17) is 15.2 Å². The smallest absolute Gasteiger partial charge is 0.143 e. The monoisotopic (exact) mass is 262 g/mol. The second kappa shape index (κ2) is 5.53. The van der Waals surface area contributed by atoms with Gasteiger partial charge in [0.2, 0.25) is 0 Å². The molecule has 1 heterocycles. The number of fused-ring (bicyclic) bond motifs is 1. The Bertz CT molecular complexity index is 588. The van der Waals surface area contributed by atoms with Gasteiger partial charge in [-0.05, 0) is 44.5 Å². The van der Waals surface area contributed by atoms with E-state index in [-0.39, 0.29) is 0 Å². The molecule has 1 aromatic carbocycles. The van der Waals surface area contributed by atoms with Gasteiger partial charge in [0.25, 0.3) is 0 Å². The van der Waals surface area contributed by atoms with E-state index in [1.54, 1.807) is 14.2 Å². The summed E-state index contributed by atoms with van der Waals surface area (Å²) in [6.45, 7) is 5.84. The number of hydrogen-bond donors (Lipinski definition) is 1. The van der Waals surface area contributed by atoms with Crippen LogP contribution in [0.4, 0.5) is 0 Å². The Labute approximate surface area is 114 Å². The van der Waals surface area contributed by atoms with Crippen molar-refractivity contribution >= 4 is 10.9 Å². The molecule has 0 aliphatic rings. The molecule has 4 nitrogen and oxygen atoms in total. The van der Waals surface area contributed by atoms with Crippen molar-refractivity contribution in [2.75, 3.05) is 20.8 Å². The molecular weight excluding hydrogens is 240 g/mol. The summed E-state index contributed by atoms with van der Waals surface area (Å²) >= 11 is 0. The van der Waals surface area contributed by atoms with Crippen molar-refractivity contribution < 1.29 is 9.47 Å². The summed E-state index contributed by atoms with van der Waals surface area (Å²) in [7, 11) is 3.40. The lowest BCUT2D eigenvalue weighted by atomic mass is 10.1. The van der Waals surface area contributed by atoms with Crippen LogP contribution in [0.3, 0.4) is 0 Å². The van der Waals surface area contributed by atoms with E-state index in [1.807, 2.05) is 12.1 Å². The zero-order valence-electron chi connectivity index (χ0n) is 12.1. The number of aromatic nitrogens is 1. The van der Waals surface area contributed by atoms with Crippen molar-refractivity contribution in [1.29, 1.82) is 0 Å². The standard InChI is InChI=1S/C15H22N2O2/c1-10-11(2)17(9-5-8-16)15-13(19-4)7-6-12(18-3)14(10)15/h6-7H,5,8-9,16H2,1-4H3. The minimum atomic E-state index is 0.685. The predicted molar refractivity (Wildman–Crippen MR) is 78.2 cm³/mol. The Hall–Kier alpha value is -1.68. The highest BCUT2D eigenvalue weighted by Crippen LogP contribution is 2.38. The lowest BCUT2D eigenvalue weighted by Crippen LogP contribution is -2.07. The molecule has 2 N–H and O–H groups in total. The molecule has 0 atom stereocenters. The van der Waals surface area contributed by atoms with Crippen LogP contribution in [0, 0.1) is 13.8 Å². The molecule has 0 fully saturated rings. The number of nitrogens with zero attached hydrogens (tertiary/aromatic N) is 1. The molecule has 0 spiro atoms. The van der Waals surface area contributed by atoms with Gasteiger partial charge >= 0.3 is 0 Å². The maximum atomic E-state index is 5.63. The highest BCUT2D eigenvalue weighted by atomic mass is 16.5. The maximum Gasteiger partial charge on any atom is 0.143 e. The Balaban J connectivity index is 2.76. The second-order valence-corrected chi connectivity index (χ2v) is 4.70.